The summed E-state index contributed by atoms with van der Waals surface area (Å²) >= 11 is 1.28. The fourth-order valence-corrected chi connectivity index (χ4v) is 2.04. The molecule has 0 saturated heterocycles. The first-order valence-electron chi connectivity index (χ1n) is 5.86. The molecule has 0 heterocycles. The minimum Gasteiger partial charge on any atom is -0.392 e. The maximum absolute atomic E-state index is 10.5. The summed E-state index contributed by atoms with van der Waals surface area (Å²) in [5.41, 5.74) is 0. The topological polar surface area (TPSA) is 26.3 Å². The van der Waals surface area contributed by atoms with Crippen LogP contribution in [0.5, 0.6) is 0 Å². The second kappa shape index (κ2) is 9.08. The summed E-state index contributed by atoms with van der Waals surface area (Å²) in [6.07, 6.45) is 5.01. The van der Waals surface area contributed by atoms with Gasteiger partial charge in [-0.3, -0.25) is 4.79 Å². The van der Waals surface area contributed by atoms with Crippen LogP contribution in [0.2, 0.25) is 0 Å². The predicted octanol–water partition coefficient (Wildman–Crippen LogP) is 4.05. The highest BCUT2D eigenvalue weighted by molar-refractivity contribution is 7.95. The van der Waals surface area contributed by atoms with Crippen LogP contribution in [0.4, 0.5) is 0 Å². The zero-order valence-electron chi connectivity index (χ0n) is 10.4. The van der Waals surface area contributed by atoms with E-state index in [0.717, 1.165) is 24.0 Å². The average Bonchev–Trinajstić information content (AvgIpc) is 2.20. The van der Waals surface area contributed by atoms with Crippen molar-refractivity contribution in [2.24, 2.45) is 11.8 Å². The van der Waals surface area contributed by atoms with Gasteiger partial charge >= 0.3 is 5.97 Å². The van der Waals surface area contributed by atoms with Crippen molar-refractivity contribution in [2.75, 3.05) is 5.75 Å². The van der Waals surface area contributed by atoms with Crippen molar-refractivity contribution in [2.45, 2.75) is 53.4 Å². The molecule has 0 aromatic carbocycles. The molecule has 2 atom stereocenters. The Bertz CT molecular complexity index is 171. The Labute approximate surface area is 98.4 Å². The number of rotatable bonds is 8. The Morgan fingerprint density at radius 1 is 1.20 bits per heavy atom. The molecule has 0 N–H and O–H groups in total. The Hall–Kier alpha value is -0.180. The maximum atomic E-state index is 10.5. The van der Waals surface area contributed by atoms with Gasteiger partial charge in [0.25, 0.3) is 0 Å². The molecule has 0 amide bonds. The van der Waals surface area contributed by atoms with Crippen LogP contribution in [-0.2, 0) is 8.98 Å². The van der Waals surface area contributed by atoms with Gasteiger partial charge < -0.3 is 4.18 Å². The molecule has 90 valence electrons. The second-order valence-corrected chi connectivity index (χ2v) is 5.19. The fourth-order valence-electron chi connectivity index (χ4n) is 1.29. The van der Waals surface area contributed by atoms with Crippen molar-refractivity contribution in [3.05, 3.63) is 0 Å². The molecule has 0 aliphatic carbocycles. The molecule has 2 nitrogen and oxygen atoms in total. The number of carbonyl (C=O) groups is 1. The van der Waals surface area contributed by atoms with Gasteiger partial charge in [0, 0.05) is 12.7 Å². The highest BCUT2D eigenvalue weighted by Crippen LogP contribution is 2.19. The van der Waals surface area contributed by atoms with Crippen LogP contribution in [-0.4, -0.2) is 11.7 Å². The van der Waals surface area contributed by atoms with Gasteiger partial charge in [-0.15, -0.1) is 0 Å². The van der Waals surface area contributed by atoms with Gasteiger partial charge in [0.2, 0.25) is 0 Å². The third kappa shape index (κ3) is 10.1. The summed E-state index contributed by atoms with van der Waals surface area (Å²) in [7, 11) is 0. The first-order chi connectivity index (χ1) is 7.06. The number of hydrogen-bond donors (Lipinski definition) is 0. The average molecular weight is 232 g/mol. The molecule has 0 bridgehead atoms. The lowest BCUT2D eigenvalue weighted by molar-refractivity contribution is -0.130. The molecule has 0 spiro atoms. The van der Waals surface area contributed by atoms with E-state index in [1.54, 1.807) is 0 Å². The molecule has 0 aliphatic heterocycles. The molecule has 0 rings (SSSR count). The van der Waals surface area contributed by atoms with Crippen molar-refractivity contribution in [1.29, 1.82) is 0 Å². The van der Waals surface area contributed by atoms with Gasteiger partial charge in [-0.05, 0) is 18.3 Å². The van der Waals surface area contributed by atoms with Crippen LogP contribution in [0.15, 0.2) is 0 Å². The summed E-state index contributed by atoms with van der Waals surface area (Å²) in [5.74, 6) is 2.30. The molecule has 15 heavy (non-hydrogen) atoms. The third-order valence-electron chi connectivity index (χ3n) is 2.72. The normalized spacial score (nSPS) is 14.7. The van der Waals surface area contributed by atoms with Crippen molar-refractivity contribution in [3.8, 4) is 0 Å². The van der Waals surface area contributed by atoms with E-state index < -0.39 is 0 Å². The Kier molecular flexibility index (Phi) is 8.97. The molecular weight excluding hydrogens is 208 g/mol. The lowest BCUT2D eigenvalue weighted by atomic mass is 9.95. The molecule has 3 heteroatoms. The van der Waals surface area contributed by atoms with Gasteiger partial charge in [-0.2, -0.15) is 0 Å². The molecule has 0 aliphatic rings. The van der Waals surface area contributed by atoms with E-state index in [2.05, 4.69) is 20.8 Å². The first kappa shape index (κ1) is 14.8. The SMILES string of the molecule is CCC(C)CCC(C)CCSOC(C)=O. The van der Waals surface area contributed by atoms with Gasteiger partial charge in [0.05, 0.1) is 12.0 Å². The van der Waals surface area contributed by atoms with Crippen LogP contribution >= 0.6 is 12.0 Å². The zero-order chi connectivity index (χ0) is 11.7. The monoisotopic (exact) mass is 232 g/mol. The lowest BCUT2D eigenvalue weighted by Gasteiger charge is -2.13. The van der Waals surface area contributed by atoms with E-state index in [1.807, 2.05) is 0 Å². The van der Waals surface area contributed by atoms with Crippen molar-refractivity contribution in [3.63, 3.8) is 0 Å². The molecule has 0 aromatic heterocycles. The minimum absolute atomic E-state index is 0.202. The van der Waals surface area contributed by atoms with E-state index >= 15 is 0 Å². The Morgan fingerprint density at radius 2 is 1.80 bits per heavy atom. The van der Waals surface area contributed by atoms with Gasteiger partial charge in [-0.25, -0.2) is 0 Å². The van der Waals surface area contributed by atoms with Crippen molar-refractivity contribution < 1.29 is 8.98 Å². The Morgan fingerprint density at radius 3 is 2.33 bits per heavy atom. The van der Waals surface area contributed by atoms with Crippen LogP contribution in [0.3, 0.4) is 0 Å². The third-order valence-corrected chi connectivity index (χ3v) is 3.47. The summed E-state index contributed by atoms with van der Waals surface area (Å²) in [4.78, 5) is 10.5. The van der Waals surface area contributed by atoms with E-state index in [0.29, 0.717) is 0 Å². The molecule has 0 saturated carbocycles. The number of hydrogen-bond acceptors (Lipinski definition) is 3. The van der Waals surface area contributed by atoms with E-state index in [-0.39, 0.29) is 5.97 Å². The molecular formula is C12H24O2S. The Balaban J connectivity index is 3.33. The zero-order valence-corrected chi connectivity index (χ0v) is 11.2. The van der Waals surface area contributed by atoms with E-state index in [4.69, 9.17) is 4.18 Å². The minimum atomic E-state index is -0.202. The van der Waals surface area contributed by atoms with Crippen LogP contribution in [0, 0.1) is 11.8 Å². The fraction of sp³-hybridized carbons (Fsp3) is 0.917. The maximum Gasteiger partial charge on any atom is 0.314 e. The molecule has 0 fully saturated rings. The molecule has 0 aromatic rings. The quantitative estimate of drug-likeness (QED) is 0.466. The largest absolute Gasteiger partial charge is 0.392 e. The van der Waals surface area contributed by atoms with E-state index in [1.165, 1.54) is 38.2 Å². The van der Waals surface area contributed by atoms with Crippen LogP contribution < -0.4 is 0 Å². The summed E-state index contributed by atoms with van der Waals surface area (Å²) < 4.78 is 4.82. The summed E-state index contributed by atoms with van der Waals surface area (Å²) in [6, 6.07) is 0. The van der Waals surface area contributed by atoms with E-state index in [9.17, 15) is 4.79 Å². The predicted molar refractivity (Wildman–Crippen MR) is 66.7 cm³/mol. The van der Waals surface area contributed by atoms with Gasteiger partial charge in [-0.1, -0.05) is 40.0 Å². The van der Waals surface area contributed by atoms with Crippen molar-refractivity contribution in [1.82, 2.24) is 0 Å². The number of carbonyl (C=O) groups excluding carboxylic acids is 1. The van der Waals surface area contributed by atoms with Crippen LogP contribution in [0.1, 0.15) is 53.4 Å². The molecule has 0 radical (unpaired) electrons. The summed E-state index contributed by atoms with van der Waals surface area (Å²) in [5, 5.41) is 0. The lowest BCUT2D eigenvalue weighted by Crippen LogP contribution is -2.01. The smallest absolute Gasteiger partial charge is 0.314 e. The van der Waals surface area contributed by atoms with Crippen molar-refractivity contribution >= 4 is 18.0 Å². The standard InChI is InChI=1S/C12H24O2S/c1-5-10(2)6-7-11(3)8-9-15-14-12(4)13/h10-11H,5-9H2,1-4H3. The van der Waals surface area contributed by atoms with Gasteiger partial charge in [0.15, 0.2) is 0 Å². The molecule has 2 unspecified atom stereocenters. The van der Waals surface area contributed by atoms with Gasteiger partial charge in [0.1, 0.15) is 0 Å². The highest BCUT2D eigenvalue weighted by atomic mass is 32.2. The highest BCUT2D eigenvalue weighted by Gasteiger charge is 2.06. The van der Waals surface area contributed by atoms with Crippen LogP contribution in [0.25, 0.3) is 0 Å². The summed E-state index contributed by atoms with van der Waals surface area (Å²) in [6.45, 7) is 8.27. The first-order valence-corrected chi connectivity index (χ1v) is 6.77. The second-order valence-electron chi connectivity index (χ2n) is 4.38.